The first kappa shape index (κ1) is 62.1. The molecule has 4 aromatic heterocycles. The number of oxime groups is 1. The molecule has 4 aliphatic heterocycles. The fourth-order valence-electron chi connectivity index (χ4n) is 11.8. The molecule has 5 N–H and O–H groups in total. The van der Waals surface area contributed by atoms with Gasteiger partial charge in [-0.2, -0.15) is 0 Å². The molecule has 12 rings (SSSR count). The van der Waals surface area contributed by atoms with Crippen molar-refractivity contribution in [2.75, 3.05) is 124 Å². The normalized spacial score (nSPS) is 14.8. The lowest BCUT2D eigenvalue weighted by molar-refractivity contribution is 0.0301. The quantitative estimate of drug-likeness (QED) is 0.0480. The van der Waals surface area contributed by atoms with E-state index in [2.05, 4.69) is 31.8 Å². The molecule has 0 unspecified atom stereocenters. The summed E-state index contributed by atoms with van der Waals surface area (Å²) in [7, 11) is 11.2. The second-order valence-corrected chi connectivity index (χ2v) is 22.9. The summed E-state index contributed by atoms with van der Waals surface area (Å²) in [4.78, 5) is 99.2. The van der Waals surface area contributed by atoms with Gasteiger partial charge in [0, 0.05) is 158 Å². The topological polar surface area (TPSA) is 259 Å². The third kappa shape index (κ3) is 13.2. The number of benzene rings is 4. The van der Waals surface area contributed by atoms with Gasteiger partial charge in [-0.05, 0) is 126 Å². The number of rotatable bonds is 14. The second-order valence-electron chi connectivity index (χ2n) is 22.9. The Bertz CT molecular complexity index is 4230. The van der Waals surface area contributed by atoms with Gasteiger partial charge in [0.25, 0.3) is 34.7 Å². The summed E-state index contributed by atoms with van der Waals surface area (Å²) in [6.07, 6.45) is 9.17. The van der Waals surface area contributed by atoms with Crippen LogP contribution in [0, 0.1) is 0 Å². The van der Waals surface area contributed by atoms with Gasteiger partial charge in [-0.3, -0.25) is 28.8 Å². The van der Waals surface area contributed by atoms with E-state index in [1.165, 1.54) is 27.7 Å². The van der Waals surface area contributed by atoms with Crippen LogP contribution in [0.25, 0.3) is 22.3 Å². The minimum absolute atomic E-state index is 0.0575. The molecule has 468 valence electrons. The number of pyridine rings is 4. The number of nitrogens with one attached hydrogen (secondary N) is 2. The first-order valence-electron chi connectivity index (χ1n) is 30.0. The van der Waals surface area contributed by atoms with Crippen LogP contribution in [0.15, 0.2) is 149 Å². The van der Waals surface area contributed by atoms with Gasteiger partial charge in [0.2, 0.25) is 0 Å². The third-order valence-corrected chi connectivity index (χ3v) is 16.7. The highest BCUT2D eigenvalue weighted by Crippen LogP contribution is 2.37. The van der Waals surface area contributed by atoms with Crippen LogP contribution in [0.1, 0.15) is 63.7 Å². The molecule has 91 heavy (non-hydrogen) atoms. The summed E-state index contributed by atoms with van der Waals surface area (Å²) in [5.74, 6) is 0.420. The maximum absolute atomic E-state index is 13.7. The zero-order chi connectivity index (χ0) is 64.0. The molecule has 0 spiro atoms. The number of hydrogen-bond donors (Lipinski definition) is 4. The Hall–Kier alpha value is -10.5. The zero-order valence-corrected chi connectivity index (χ0v) is 51.7. The first-order chi connectivity index (χ1) is 44.0. The zero-order valence-electron chi connectivity index (χ0n) is 51.7. The van der Waals surface area contributed by atoms with Gasteiger partial charge >= 0.3 is 0 Å². The van der Waals surface area contributed by atoms with Crippen molar-refractivity contribution in [1.82, 2.24) is 28.9 Å². The van der Waals surface area contributed by atoms with Crippen molar-refractivity contribution < 1.29 is 33.9 Å². The molecule has 8 aromatic rings. The molecule has 23 nitrogen and oxygen atoms in total. The summed E-state index contributed by atoms with van der Waals surface area (Å²) in [5.41, 5.74) is 18.4. The molecule has 4 aromatic carbocycles. The number of nitrogens with two attached hydrogens (primary N) is 1. The largest absolute Gasteiger partial charge is 0.411 e. The van der Waals surface area contributed by atoms with E-state index in [1.807, 2.05) is 105 Å². The summed E-state index contributed by atoms with van der Waals surface area (Å²) in [6, 6.07) is 33.2. The highest BCUT2D eigenvalue weighted by Gasteiger charge is 2.31. The van der Waals surface area contributed by atoms with E-state index < -0.39 is 0 Å². The van der Waals surface area contributed by atoms with Gasteiger partial charge in [-0.25, -0.2) is 9.97 Å². The molecule has 23 heteroatoms. The van der Waals surface area contributed by atoms with Crippen LogP contribution in [-0.2, 0) is 43.0 Å². The summed E-state index contributed by atoms with van der Waals surface area (Å²) >= 11 is 0. The van der Waals surface area contributed by atoms with E-state index in [9.17, 15) is 34.0 Å². The number of amides is 4. The van der Waals surface area contributed by atoms with E-state index in [1.54, 1.807) is 82.5 Å². The van der Waals surface area contributed by atoms with Crippen molar-refractivity contribution in [2.45, 2.75) is 19.4 Å². The Kier molecular flexibility index (Phi) is 18.5. The average molecular weight is 1230 g/mol. The van der Waals surface area contributed by atoms with Crippen molar-refractivity contribution >= 4 is 75.6 Å². The maximum Gasteiger partial charge on any atom is 0.274 e. The van der Waals surface area contributed by atoms with E-state index >= 15 is 0 Å². The minimum atomic E-state index is -0.285. The van der Waals surface area contributed by atoms with Gasteiger partial charge in [-0.1, -0.05) is 29.4 Å². The van der Waals surface area contributed by atoms with E-state index in [0.717, 1.165) is 51.3 Å². The number of carbonyl (C=O) groups excluding carboxylic acids is 4. The molecule has 0 bridgehead atoms. The number of aryl methyl sites for hydroxylation is 2. The van der Waals surface area contributed by atoms with Crippen LogP contribution in [-0.4, -0.2) is 158 Å². The predicted molar refractivity (Wildman–Crippen MR) is 352 cm³/mol. The Labute approximate surface area is 526 Å². The van der Waals surface area contributed by atoms with Gasteiger partial charge in [0.05, 0.1) is 49.5 Å². The molecule has 4 aliphatic rings. The van der Waals surface area contributed by atoms with Gasteiger partial charge in [0.15, 0.2) is 0 Å². The smallest absolute Gasteiger partial charge is 0.274 e. The lowest BCUT2D eigenvalue weighted by atomic mass is 9.94. The summed E-state index contributed by atoms with van der Waals surface area (Å²) in [5, 5.41) is 19.2. The fraction of sp³-hybridized carbons (Fsp3) is 0.279. The number of morpholine rings is 2. The Morgan fingerprint density at radius 2 is 1.03 bits per heavy atom. The highest BCUT2D eigenvalue weighted by molar-refractivity contribution is 6.12. The van der Waals surface area contributed by atoms with Gasteiger partial charge in [0.1, 0.15) is 23.0 Å². The number of anilines is 8. The highest BCUT2D eigenvalue weighted by atomic mass is 16.5. The number of carbonyl (C=O) groups is 4. The number of nitrogens with zero attached hydrogens (tertiary/aromatic N) is 11. The molecule has 0 saturated carbocycles. The molecular formula is C68H72N14O9. The van der Waals surface area contributed by atoms with Gasteiger partial charge in [-0.15, -0.1) is 0 Å². The Morgan fingerprint density at radius 1 is 0.582 bits per heavy atom. The summed E-state index contributed by atoms with van der Waals surface area (Å²) in [6.45, 7) is 5.40. The van der Waals surface area contributed by atoms with Crippen LogP contribution < -0.4 is 47.1 Å². The minimum Gasteiger partial charge on any atom is -0.411 e. The van der Waals surface area contributed by atoms with Crippen LogP contribution in [0.2, 0.25) is 0 Å². The standard InChI is InChI=1S/C34H35N7O5.C34H37N7O4/c1-38(2)25-8-9-27-22(17-25)11-12-41(33(27)43)30-6-4-5-26(28(30)20-36-45)24-18-29(34(44)39(3)21-24)37-31-10-7-23(19-35-31)32(42)40-13-15-46-16-14-40;1-38(2)25-8-9-27-22(17-25)11-12-41(33(27)43)30-6-4-5-26(28(30)19-35)24-18-29(34(44)39(3)21-24)37-31-10-7-23(20-36-31)32(42)40-13-15-45-16-14-40/h4-10,17-21,45H,11-16H2,1-3H3,(H,35,37);4-10,17-18,20-21H,11-16,19,35H2,1-3H3,(H,36,37)/b36-20+;. The number of aromatic nitrogens is 4. The van der Waals surface area contributed by atoms with Crippen molar-refractivity contribution in [3.63, 3.8) is 0 Å². The number of hydrogen-bond acceptors (Lipinski definition) is 17. The molecule has 2 saturated heterocycles. The van der Waals surface area contributed by atoms with Gasteiger partial charge < -0.3 is 69.6 Å². The average Bonchev–Trinajstić information content (AvgIpc) is 0.867. The van der Waals surface area contributed by atoms with E-state index in [-0.39, 0.29) is 47.0 Å². The van der Waals surface area contributed by atoms with Crippen molar-refractivity contribution in [3.05, 3.63) is 199 Å². The van der Waals surface area contributed by atoms with Crippen molar-refractivity contribution in [3.8, 4) is 22.3 Å². The lowest BCUT2D eigenvalue weighted by Crippen LogP contribution is -2.40. The van der Waals surface area contributed by atoms with E-state index in [0.29, 0.717) is 134 Å². The predicted octanol–water partition coefficient (Wildman–Crippen LogP) is 7.13. The van der Waals surface area contributed by atoms with Crippen LogP contribution >= 0.6 is 0 Å². The fourth-order valence-corrected chi connectivity index (χ4v) is 11.8. The second kappa shape index (κ2) is 27.1. The SMILES string of the molecule is CN(C)c1ccc2c(c1)CCN(c1cccc(-c3cc(Nc4ccc(C(=O)N5CCOCC5)cn4)c(=O)n(C)c3)c1/C=N/O)C2=O.CN(C)c1ccc2c(c1)CCN(c1cccc(-c3cc(Nc4ccc(C(=O)N5CCOCC5)cn4)c(=O)n(C)c3)c1CN)C2=O. The number of ether oxygens (including phenoxy) is 2. The molecule has 0 atom stereocenters. The molecule has 8 heterocycles. The summed E-state index contributed by atoms with van der Waals surface area (Å²) < 4.78 is 13.6. The van der Waals surface area contributed by atoms with Crippen LogP contribution in [0.5, 0.6) is 0 Å². The molecule has 0 aliphatic carbocycles. The number of fused-ring (bicyclic) bond motifs is 2. The first-order valence-corrected chi connectivity index (χ1v) is 30.0. The molecule has 4 amide bonds. The van der Waals surface area contributed by atoms with Crippen molar-refractivity contribution in [2.24, 2.45) is 25.0 Å². The monoisotopic (exact) mass is 1230 g/mol. The maximum atomic E-state index is 13.7. The Morgan fingerprint density at radius 3 is 1.47 bits per heavy atom. The van der Waals surface area contributed by atoms with Crippen LogP contribution in [0.3, 0.4) is 0 Å². The third-order valence-electron chi connectivity index (χ3n) is 16.7. The molecule has 2 fully saturated rings. The van der Waals surface area contributed by atoms with E-state index in [4.69, 9.17) is 15.2 Å². The molecular weight excluding hydrogens is 1160 g/mol. The Balaban J connectivity index is 0.000000187. The van der Waals surface area contributed by atoms with Crippen LogP contribution in [0.4, 0.5) is 45.8 Å². The van der Waals surface area contributed by atoms with Crippen molar-refractivity contribution in [1.29, 1.82) is 0 Å². The molecule has 0 radical (unpaired) electrons. The lowest BCUT2D eigenvalue weighted by Gasteiger charge is -2.31.